The number of carboxylic acids is 1. The molecule has 2 N–H and O–H groups in total. The SMILES string of the molecule is CNC(=O)OCC(C)(COC)C(=O)O. The average molecular weight is 205 g/mol. The van der Waals surface area contributed by atoms with E-state index in [4.69, 9.17) is 9.84 Å². The maximum absolute atomic E-state index is 10.8. The first-order valence-corrected chi connectivity index (χ1v) is 4.03. The summed E-state index contributed by atoms with van der Waals surface area (Å²) in [7, 11) is 2.79. The number of alkyl carbamates (subject to hydrolysis) is 1. The molecule has 0 aliphatic heterocycles. The first-order valence-electron chi connectivity index (χ1n) is 4.03. The summed E-state index contributed by atoms with van der Waals surface area (Å²) < 4.78 is 9.40. The van der Waals surface area contributed by atoms with Gasteiger partial charge in [0, 0.05) is 14.2 Å². The standard InChI is InChI=1S/C8H15NO5/c1-8(4-13-3,6(10)11)5-14-7(12)9-2/h4-5H2,1-3H3,(H,9,12)(H,10,11). The summed E-state index contributed by atoms with van der Waals surface area (Å²) in [6, 6.07) is 0. The highest BCUT2D eigenvalue weighted by Gasteiger charge is 2.35. The highest BCUT2D eigenvalue weighted by Crippen LogP contribution is 2.17. The second kappa shape index (κ2) is 5.43. The predicted molar refractivity (Wildman–Crippen MR) is 48.0 cm³/mol. The fourth-order valence-corrected chi connectivity index (χ4v) is 0.781. The number of hydrogen-bond acceptors (Lipinski definition) is 4. The highest BCUT2D eigenvalue weighted by molar-refractivity contribution is 5.75. The molecule has 0 heterocycles. The molecule has 0 spiro atoms. The zero-order valence-corrected chi connectivity index (χ0v) is 8.49. The molecule has 0 aliphatic carbocycles. The third-order valence-corrected chi connectivity index (χ3v) is 1.71. The second-order valence-electron chi connectivity index (χ2n) is 3.12. The molecule has 0 radical (unpaired) electrons. The van der Waals surface area contributed by atoms with E-state index >= 15 is 0 Å². The molecule has 6 heteroatoms. The minimum absolute atomic E-state index is 0.0146. The Morgan fingerprint density at radius 3 is 2.36 bits per heavy atom. The Morgan fingerprint density at radius 2 is 2.00 bits per heavy atom. The molecule has 0 aromatic carbocycles. The van der Waals surface area contributed by atoms with E-state index in [1.807, 2.05) is 0 Å². The summed E-state index contributed by atoms with van der Waals surface area (Å²) in [5, 5.41) is 11.1. The highest BCUT2D eigenvalue weighted by atomic mass is 16.6. The van der Waals surface area contributed by atoms with Crippen LogP contribution in [-0.2, 0) is 14.3 Å². The quantitative estimate of drug-likeness (QED) is 0.664. The van der Waals surface area contributed by atoms with Crippen molar-refractivity contribution < 1.29 is 24.2 Å². The number of carbonyl (C=O) groups excluding carboxylic acids is 1. The zero-order valence-electron chi connectivity index (χ0n) is 8.49. The lowest BCUT2D eigenvalue weighted by Gasteiger charge is -2.22. The van der Waals surface area contributed by atoms with E-state index < -0.39 is 17.5 Å². The Labute approximate surface area is 82.2 Å². The number of carbonyl (C=O) groups is 2. The number of rotatable bonds is 5. The summed E-state index contributed by atoms with van der Waals surface area (Å²) >= 11 is 0. The normalized spacial score (nSPS) is 14.2. The molecule has 14 heavy (non-hydrogen) atoms. The van der Waals surface area contributed by atoms with Gasteiger partial charge in [-0.25, -0.2) is 4.79 Å². The first kappa shape index (κ1) is 12.7. The summed E-state index contributed by atoms with van der Waals surface area (Å²) in [6.45, 7) is 1.21. The third-order valence-electron chi connectivity index (χ3n) is 1.71. The van der Waals surface area contributed by atoms with Crippen molar-refractivity contribution >= 4 is 12.1 Å². The molecule has 0 aromatic heterocycles. The van der Waals surface area contributed by atoms with E-state index in [9.17, 15) is 9.59 Å². The molecule has 0 fully saturated rings. The van der Waals surface area contributed by atoms with Gasteiger partial charge in [-0.05, 0) is 6.92 Å². The number of hydrogen-bond donors (Lipinski definition) is 2. The fourth-order valence-electron chi connectivity index (χ4n) is 0.781. The smallest absolute Gasteiger partial charge is 0.406 e. The lowest BCUT2D eigenvalue weighted by molar-refractivity contribution is -0.153. The summed E-state index contributed by atoms with van der Waals surface area (Å²) in [5.74, 6) is -1.07. The van der Waals surface area contributed by atoms with Gasteiger partial charge in [-0.2, -0.15) is 0 Å². The van der Waals surface area contributed by atoms with Gasteiger partial charge in [0.05, 0.1) is 6.61 Å². The van der Waals surface area contributed by atoms with Gasteiger partial charge in [0.15, 0.2) is 0 Å². The van der Waals surface area contributed by atoms with Crippen molar-refractivity contribution in [1.82, 2.24) is 5.32 Å². The van der Waals surface area contributed by atoms with E-state index in [2.05, 4.69) is 10.1 Å². The van der Waals surface area contributed by atoms with Gasteiger partial charge >= 0.3 is 12.1 Å². The summed E-state index contributed by atoms with van der Waals surface area (Å²) in [4.78, 5) is 21.5. The van der Waals surface area contributed by atoms with Crippen molar-refractivity contribution in [3.05, 3.63) is 0 Å². The van der Waals surface area contributed by atoms with Gasteiger partial charge in [0.2, 0.25) is 0 Å². The second-order valence-corrected chi connectivity index (χ2v) is 3.12. The number of amides is 1. The molecule has 1 amide bonds. The maximum atomic E-state index is 10.8. The molecule has 1 unspecified atom stereocenters. The Kier molecular flexibility index (Phi) is 4.93. The van der Waals surface area contributed by atoms with Crippen molar-refractivity contribution in [2.24, 2.45) is 5.41 Å². The van der Waals surface area contributed by atoms with Crippen LogP contribution < -0.4 is 5.32 Å². The van der Waals surface area contributed by atoms with Crippen molar-refractivity contribution in [1.29, 1.82) is 0 Å². The van der Waals surface area contributed by atoms with Crippen LogP contribution in [-0.4, -0.2) is 44.5 Å². The monoisotopic (exact) mass is 205 g/mol. The lowest BCUT2D eigenvalue weighted by atomic mass is 9.93. The van der Waals surface area contributed by atoms with Crippen LogP contribution in [0.1, 0.15) is 6.92 Å². The third kappa shape index (κ3) is 3.61. The van der Waals surface area contributed by atoms with Crippen LogP contribution in [0.15, 0.2) is 0 Å². The van der Waals surface area contributed by atoms with Gasteiger partial charge < -0.3 is 19.9 Å². The van der Waals surface area contributed by atoms with Crippen LogP contribution in [0.5, 0.6) is 0 Å². The maximum Gasteiger partial charge on any atom is 0.406 e. The van der Waals surface area contributed by atoms with Crippen LogP contribution in [0.25, 0.3) is 0 Å². The molecule has 0 aromatic rings. The molecule has 0 bridgehead atoms. The van der Waals surface area contributed by atoms with Gasteiger partial charge in [0.1, 0.15) is 12.0 Å². The molecular formula is C8H15NO5. The van der Waals surface area contributed by atoms with E-state index in [0.29, 0.717) is 0 Å². The first-order chi connectivity index (χ1) is 6.46. The molecule has 1 atom stereocenters. The van der Waals surface area contributed by atoms with Crippen LogP contribution in [0.3, 0.4) is 0 Å². The molecule has 0 saturated heterocycles. The Balaban J connectivity index is 4.23. The van der Waals surface area contributed by atoms with Crippen LogP contribution >= 0.6 is 0 Å². The van der Waals surface area contributed by atoms with E-state index in [1.54, 1.807) is 0 Å². The molecule has 0 saturated carbocycles. The van der Waals surface area contributed by atoms with Crippen molar-refractivity contribution in [3.63, 3.8) is 0 Å². The number of aliphatic carboxylic acids is 1. The Bertz CT molecular complexity index is 218. The topological polar surface area (TPSA) is 84.9 Å². The molecule has 6 nitrogen and oxygen atoms in total. The van der Waals surface area contributed by atoms with Gasteiger partial charge in [0.25, 0.3) is 0 Å². The summed E-state index contributed by atoms with van der Waals surface area (Å²) in [5.41, 5.74) is -1.21. The molecular weight excluding hydrogens is 190 g/mol. The predicted octanol–water partition coefficient (Wildman–Crippen LogP) is 0.0797. The van der Waals surface area contributed by atoms with Crippen LogP contribution in [0.2, 0.25) is 0 Å². The number of methoxy groups -OCH3 is 1. The van der Waals surface area contributed by atoms with E-state index in [1.165, 1.54) is 21.1 Å². The van der Waals surface area contributed by atoms with Crippen LogP contribution in [0, 0.1) is 5.41 Å². The van der Waals surface area contributed by atoms with Gasteiger partial charge in [-0.1, -0.05) is 0 Å². The summed E-state index contributed by atoms with van der Waals surface area (Å²) in [6.07, 6.45) is -0.659. The number of carboxylic acid groups (broad SMARTS) is 1. The lowest BCUT2D eigenvalue weighted by Crippen LogP contribution is -2.39. The van der Waals surface area contributed by atoms with Crippen LogP contribution in [0.4, 0.5) is 4.79 Å². The Hall–Kier alpha value is -1.30. The molecule has 82 valence electrons. The largest absolute Gasteiger partial charge is 0.481 e. The zero-order chi connectivity index (χ0) is 11.2. The van der Waals surface area contributed by atoms with Gasteiger partial charge in [-0.15, -0.1) is 0 Å². The number of ether oxygens (including phenoxy) is 2. The Morgan fingerprint density at radius 1 is 1.43 bits per heavy atom. The van der Waals surface area contributed by atoms with E-state index in [0.717, 1.165) is 0 Å². The minimum atomic E-state index is -1.21. The average Bonchev–Trinajstić information content (AvgIpc) is 2.14. The fraction of sp³-hybridized carbons (Fsp3) is 0.750. The van der Waals surface area contributed by atoms with Crippen molar-refractivity contribution in [2.45, 2.75) is 6.92 Å². The minimum Gasteiger partial charge on any atom is -0.481 e. The number of nitrogens with one attached hydrogen (secondary N) is 1. The van der Waals surface area contributed by atoms with Crippen molar-refractivity contribution in [2.75, 3.05) is 27.4 Å². The molecule has 0 aliphatic rings. The van der Waals surface area contributed by atoms with E-state index in [-0.39, 0.29) is 13.2 Å². The molecule has 0 rings (SSSR count). The van der Waals surface area contributed by atoms with Gasteiger partial charge in [-0.3, -0.25) is 4.79 Å². The van der Waals surface area contributed by atoms with Crippen molar-refractivity contribution in [3.8, 4) is 0 Å².